The molecule has 2 aromatic rings. The number of fused-ring (bicyclic) bond motifs is 1. The van der Waals surface area contributed by atoms with E-state index in [1.54, 1.807) is 12.4 Å². The van der Waals surface area contributed by atoms with Gasteiger partial charge in [-0.15, -0.1) is 0 Å². The van der Waals surface area contributed by atoms with Crippen molar-refractivity contribution in [3.8, 4) is 11.5 Å². The summed E-state index contributed by atoms with van der Waals surface area (Å²) in [7, 11) is 0. The first-order valence-corrected chi connectivity index (χ1v) is 6.84. The minimum absolute atomic E-state index is 0.774. The lowest BCUT2D eigenvalue weighted by atomic mass is 10.1. The summed E-state index contributed by atoms with van der Waals surface area (Å²) in [5, 5.41) is 3.23. The summed E-state index contributed by atoms with van der Waals surface area (Å²) >= 11 is 0. The first-order valence-electron chi connectivity index (χ1n) is 6.84. The van der Waals surface area contributed by atoms with E-state index < -0.39 is 0 Å². The zero-order valence-corrected chi connectivity index (χ0v) is 11.1. The van der Waals surface area contributed by atoms with Crippen molar-refractivity contribution in [2.24, 2.45) is 0 Å². The molecule has 0 radical (unpaired) electrons. The van der Waals surface area contributed by atoms with Crippen molar-refractivity contribution in [2.45, 2.75) is 26.2 Å². The Hall–Kier alpha value is -2.03. The highest BCUT2D eigenvalue weighted by Crippen LogP contribution is 2.29. The zero-order chi connectivity index (χ0) is 13.1. The molecule has 0 fully saturated rings. The standard InChI is InChI=1S/C16H18N2O/c1-2-18-14-9-16(11-17-10-14)19-15-7-6-12-4-3-5-13(12)8-15/h6-11,18H,2-5H2,1H3. The van der Waals surface area contributed by atoms with Crippen molar-refractivity contribution in [1.82, 2.24) is 4.98 Å². The number of benzene rings is 1. The Balaban J connectivity index is 1.79. The number of pyridine rings is 1. The third kappa shape index (κ3) is 2.70. The van der Waals surface area contributed by atoms with Gasteiger partial charge in [0, 0.05) is 12.6 Å². The van der Waals surface area contributed by atoms with E-state index in [1.165, 1.54) is 30.4 Å². The summed E-state index contributed by atoms with van der Waals surface area (Å²) in [6, 6.07) is 8.36. The molecule has 1 heterocycles. The van der Waals surface area contributed by atoms with E-state index in [2.05, 4.69) is 29.4 Å². The van der Waals surface area contributed by atoms with E-state index >= 15 is 0 Å². The number of hydrogen-bond donors (Lipinski definition) is 1. The van der Waals surface area contributed by atoms with Crippen LogP contribution >= 0.6 is 0 Å². The normalized spacial score (nSPS) is 13.1. The van der Waals surface area contributed by atoms with Crippen LogP contribution in [0.4, 0.5) is 5.69 Å². The molecular formula is C16H18N2O. The summed E-state index contributed by atoms with van der Waals surface area (Å²) in [5.41, 5.74) is 3.88. The average Bonchev–Trinajstić information content (AvgIpc) is 2.87. The molecule has 1 N–H and O–H groups in total. The van der Waals surface area contributed by atoms with Gasteiger partial charge in [0.2, 0.25) is 0 Å². The van der Waals surface area contributed by atoms with Crippen molar-refractivity contribution >= 4 is 5.69 Å². The van der Waals surface area contributed by atoms with Crippen LogP contribution in [0.3, 0.4) is 0 Å². The fourth-order valence-corrected chi connectivity index (χ4v) is 2.52. The maximum absolute atomic E-state index is 5.89. The van der Waals surface area contributed by atoms with Gasteiger partial charge in [-0.25, -0.2) is 0 Å². The molecule has 19 heavy (non-hydrogen) atoms. The fraction of sp³-hybridized carbons (Fsp3) is 0.312. The van der Waals surface area contributed by atoms with E-state index in [4.69, 9.17) is 4.74 Å². The quantitative estimate of drug-likeness (QED) is 0.901. The van der Waals surface area contributed by atoms with Crippen LogP contribution < -0.4 is 10.1 Å². The molecule has 98 valence electrons. The van der Waals surface area contributed by atoms with Gasteiger partial charge in [0.25, 0.3) is 0 Å². The third-order valence-electron chi connectivity index (χ3n) is 3.40. The van der Waals surface area contributed by atoms with E-state index in [0.717, 1.165) is 23.7 Å². The number of hydrogen-bond acceptors (Lipinski definition) is 3. The molecule has 1 aromatic carbocycles. The van der Waals surface area contributed by atoms with Crippen molar-refractivity contribution in [3.63, 3.8) is 0 Å². The molecule has 1 aliphatic carbocycles. The van der Waals surface area contributed by atoms with Crippen LogP contribution in [0.2, 0.25) is 0 Å². The van der Waals surface area contributed by atoms with Crippen LogP contribution in [0.5, 0.6) is 11.5 Å². The monoisotopic (exact) mass is 254 g/mol. The zero-order valence-electron chi connectivity index (χ0n) is 11.1. The summed E-state index contributed by atoms with van der Waals surface area (Å²) in [6.45, 7) is 2.94. The first-order chi connectivity index (χ1) is 9.35. The molecule has 1 aliphatic rings. The van der Waals surface area contributed by atoms with Crippen LogP contribution in [0, 0.1) is 0 Å². The molecule has 0 saturated carbocycles. The second-order valence-electron chi connectivity index (χ2n) is 4.83. The van der Waals surface area contributed by atoms with Gasteiger partial charge in [0.15, 0.2) is 0 Å². The molecule has 0 saturated heterocycles. The molecule has 0 unspecified atom stereocenters. The highest BCUT2D eigenvalue weighted by atomic mass is 16.5. The van der Waals surface area contributed by atoms with Crippen LogP contribution in [0.25, 0.3) is 0 Å². The predicted molar refractivity (Wildman–Crippen MR) is 76.9 cm³/mol. The number of anilines is 1. The number of rotatable bonds is 4. The van der Waals surface area contributed by atoms with Gasteiger partial charge < -0.3 is 10.1 Å². The van der Waals surface area contributed by atoms with E-state index in [1.807, 2.05) is 12.1 Å². The number of aryl methyl sites for hydroxylation is 2. The van der Waals surface area contributed by atoms with Gasteiger partial charge in [-0.3, -0.25) is 4.98 Å². The molecule has 0 aliphatic heterocycles. The smallest absolute Gasteiger partial charge is 0.147 e. The largest absolute Gasteiger partial charge is 0.456 e. The van der Waals surface area contributed by atoms with Gasteiger partial charge in [0.05, 0.1) is 18.1 Å². The minimum atomic E-state index is 0.774. The van der Waals surface area contributed by atoms with Gasteiger partial charge in [-0.05, 0) is 49.4 Å². The average molecular weight is 254 g/mol. The fourth-order valence-electron chi connectivity index (χ4n) is 2.52. The summed E-state index contributed by atoms with van der Waals surface area (Å²) < 4.78 is 5.89. The Morgan fingerprint density at radius 1 is 1.11 bits per heavy atom. The molecule has 3 nitrogen and oxygen atoms in total. The molecule has 3 rings (SSSR count). The number of nitrogens with one attached hydrogen (secondary N) is 1. The van der Waals surface area contributed by atoms with Crippen LogP contribution in [0.1, 0.15) is 24.5 Å². The second kappa shape index (κ2) is 5.31. The third-order valence-corrected chi connectivity index (χ3v) is 3.40. The van der Waals surface area contributed by atoms with Gasteiger partial charge in [0.1, 0.15) is 11.5 Å². The van der Waals surface area contributed by atoms with E-state index in [0.29, 0.717) is 0 Å². The number of nitrogens with zero attached hydrogens (tertiary/aromatic N) is 1. The van der Waals surface area contributed by atoms with E-state index in [9.17, 15) is 0 Å². The molecule has 0 atom stereocenters. The topological polar surface area (TPSA) is 34.2 Å². The van der Waals surface area contributed by atoms with Crippen molar-refractivity contribution in [3.05, 3.63) is 47.8 Å². The lowest BCUT2D eigenvalue weighted by Gasteiger charge is -2.09. The second-order valence-corrected chi connectivity index (χ2v) is 4.83. The summed E-state index contributed by atoms with van der Waals surface area (Å²) in [5.74, 6) is 1.67. The van der Waals surface area contributed by atoms with Crippen LogP contribution in [-0.2, 0) is 12.8 Å². The van der Waals surface area contributed by atoms with E-state index in [-0.39, 0.29) is 0 Å². The van der Waals surface area contributed by atoms with Crippen molar-refractivity contribution in [2.75, 3.05) is 11.9 Å². The molecule has 0 bridgehead atoms. The summed E-state index contributed by atoms with van der Waals surface area (Å²) in [6.07, 6.45) is 7.18. The number of aromatic nitrogens is 1. The Morgan fingerprint density at radius 3 is 2.89 bits per heavy atom. The molecular weight excluding hydrogens is 236 g/mol. The lowest BCUT2D eigenvalue weighted by Crippen LogP contribution is -1.97. The van der Waals surface area contributed by atoms with Crippen LogP contribution in [-0.4, -0.2) is 11.5 Å². The lowest BCUT2D eigenvalue weighted by molar-refractivity contribution is 0.480. The minimum Gasteiger partial charge on any atom is -0.456 e. The Morgan fingerprint density at radius 2 is 2.00 bits per heavy atom. The van der Waals surface area contributed by atoms with Crippen molar-refractivity contribution in [1.29, 1.82) is 0 Å². The summed E-state index contributed by atoms with van der Waals surface area (Å²) in [4.78, 5) is 4.18. The Labute approximate surface area is 113 Å². The molecule has 0 amide bonds. The number of ether oxygens (including phenoxy) is 1. The predicted octanol–water partition coefficient (Wildman–Crippen LogP) is 3.79. The van der Waals surface area contributed by atoms with Crippen LogP contribution in [0.15, 0.2) is 36.7 Å². The Kier molecular flexibility index (Phi) is 3.36. The van der Waals surface area contributed by atoms with Gasteiger partial charge in [-0.2, -0.15) is 0 Å². The maximum Gasteiger partial charge on any atom is 0.147 e. The maximum atomic E-state index is 5.89. The van der Waals surface area contributed by atoms with Gasteiger partial charge in [-0.1, -0.05) is 6.07 Å². The molecule has 0 spiro atoms. The Bertz CT molecular complexity index is 581. The molecule has 3 heteroatoms. The highest BCUT2D eigenvalue weighted by Gasteiger charge is 2.11. The van der Waals surface area contributed by atoms with Crippen molar-refractivity contribution < 1.29 is 4.74 Å². The molecule has 1 aromatic heterocycles. The SMILES string of the molecule is CCNc1cncc(Oc2ccc3c(c2)CCC3)c1. The highest BCUT2D eigenvalue weighted by molar-refractivity contribution is 5.47. The van der Waals surface area contributed by atoms with Gasteiger partial charge >= 0.3 is 0 Å². The first kappa shape index (κ1) is 12.0.